The molecule has 1 heterocycles. The van der Waals surface area contributed by atoms with Gasteiger partial charge in [0.25, 0.3) is 0 Å². The zero-order valence-electron chi connectivity index (χ0n) is 12.9. The number of methoxy groups -OCH3 is 1. The van der Waals surface area contributed by atoms with Gasteiger partial charge in [0.1, 0.15) is 0 Å². The van der Waals surface area contributed by atoms with Gasteiger partial charge < -0.3 is 10.1 Å². The van der Waals surface area contributed by atoms with Crippen molar-refractivity contribution in [3.05, 3.63) is 0 Å². The van der Waals surface area contributed by atoms with Crippen molar-refractivity contribution in [1.29, 1.82) is 0 Å². The molecule has 0 aromatic rings. The van der Waals surface area contributed by atoms with Crippen LogP contribution in [-0.2, 0) is 4.74 Å². The Morgan fingerprint density at radius 3 is 2.68 bits per heavy atom. The molecule has 2 rings (SSSR count). The second-order valence-corrected chi connectivity index (χ2v) is 6.36. The molecule has 19 heavy (non-hydrogen) atoms. The summed E-state index contributed by atoms with van der Waals surface area (Å²) in [5.41, 5.74) is 0. The van der Waals surface area contributed by atoms with E-state index in [2.05, 4.69) is 17.1 Å². The van der Waals surface area contributed by atoms with Crippen LogP contribution in [-0.4, -0.2) is 50.3 Å². The summed E-state index contributed by atoms with van der Waals surface area (Å²) in [5, 5.41) is 3.81. The van der Waals surface area contributed by atoms with Gasteiger partial charge in [-0.1, -0.05) is 19.8 Å². The van der Waals surface area contributed by atoms with E-state index in [4.69, 9.17) is 4.74 Å². The van der Waals surface area contributed by atoms with Gasteiger partial charge in [0.05, 0.1) is 6.10 Å². The molecule has 0 bridgehead atoms. The summed E-state index contributed by atoms with van der Waals surface area (Å²) >= 11 is 0. The van der Waals surface area contributed by atoms with Crippen molar-refractivity contribution in [3.63, 3.8) is 0 Å². The van der Waals surface area contributed by atoms with Gasteiger partial charge in [-0.2, -0.15) is 0 Å². The van der Waals surface area contributed by atoms with E-state index in [1.54, 1.807) is 0 Å². The normalized spacial score (nSPS) is 27.8. The lowest BCUT2D eigenvalue weighted by Crippen LogP contribution is -2.49. The predicted octanol–water partition coefficient (Wildman–Crippen LogP) is 2.66. The number of hydrogen-bond acceptors (Lipinski definition) is 3. The number of hydrogen-bond donors (Lipinski definition) is 1. The van der Waals surface area contributed by atoms with Gasteiger partial charge >= 0.3 is 0 Å². The van der Waals surface area contributed by atoms with Crippen molar-refractivity contribution in [2.75, 3.05) is 33.3 Å². The highest BCUT2D eigenvalue weighted by atomic mass is 16.5. The molecule has 2 unspecified atom stereocenters. The Morgan fingerprint density at radius 1 is 1.21 bits per heavy atom. The number of rotatable bonds is 7. The molecule has 0 aromatic carbocycles. The second kappa shape index (κ2) is 8.23. The highest BCUT2D eigenvalue weighted by Crippen LogP contribution is 2.28. The fraction of sp³-hybridized carbons (Fsp3) is 1.00. The van der Waals surface area contributed by atoms with Gasteiger partial charge in [0.2, 0.25) is 0 Å². The third-order valence-corrected chi connectivity index (χ3v) is 4.88. The minimum Gasteiger partial charge on any atom is -0.380 e. The van der Waals surface area contributed by atoms with Crippen LogP contribution < -0.4 is 5.32 Å². The van der Waals surface area contributed by atoms with Gasteiger partial charge in [-0.3, -0.25) is 4.90 Å². The highest BCUT2D eigenvalue weighted by Gasteiger charge is 2.28. The fourth-order valence-corrected chi connectivity index (χ4v) is 3.72. The summed E-state index contributed by atoms with van der Waals surface area (Å²) in [6, 6.07) is 0.707. The Hall–Kier alpha value is -0.120. The maximum Gasteiger partial charge on any atom is 0.0698 e. The van der Waals surface area contributed by atoms with Gasteiger partial charge in [0.15, 0.2) is 0 Å². The van der Waals surface area contributed by atoms with Crippen LogP contribution in [0.25, 0.3) is 0 Å². The summed E-state index contributed by atoms with van der Waals surface area (Å²) in [4.78, 5) is 2.63. The van der Waals surface area contributed by atoms with Crippen molar-refractivity contribution < 1.29 is 4.74 Å². The van der Waals surface area contributed by atoms with Crippen molar-refractivity contribution in [2.24, 2.45) is 5.92 Å². The van der Waals surface area contributed by atoms with E-state index in [0.29, 0.717) is 12.1 Å². The van der Waals surface area contributed by atoms with Crippen molar-refractivity contribution >= 4 is 0 Å². The maximum absolute atomic E-state index is 5.55. The van der Waals surface area contributed by atoms with E-state index < -0.39 is 0 Å². The summed E-state index contributed by atoms with van der Waals surface area (Å²) < 4.78 is 5.55. The third-order valence-electron chi connectivity index (χ3n) is 4.88. The van der Waals surface area contributed by atoms with Gasteiger partial charge in [-0.15, -0.1) is 0 Å². The second-order valence-electron chi connectivity index (χ2n) is 6.36. The predicted molar refractivity (Wildman–Crippen MR) is 80.5 cm³/mol. The fourth-order valence-electron chi connectivity index (χ4n) is 3.72. The quantitative estimate of drug-likeness (QED) is 0.768. The molecule has 1 N–H and O–H groups in total. The minimum atomic E-state index is 0.462. The van der Waals surface area contributed by atoms with E-state index in [0.717, 1.165) is 12.5 Å². The van der Waals surface area contributed by atoms with E-state index in [-0.39, 0.29) is 0 Å². The van der Waals surface area contributed by atoms with E-state index in [1.807, 2.05) is 7.11 Å². The molecule has 0 radical (unpaired) electrons. The topological polar surface area (TPSA) is 24.5 Å². The first-order valence-corrected chi connectivity index (χ1v) is 8.32. The molecule has 0 amide bonds. The van der Waals surface area contributed by atoms with Crippen LogP contribution in [0, 0.1) is 5.92 Å². The molecular weight excluding hydrogens is 236 g/mol. The first kappa shape index (κ1) is 15.3. The van der Waals surface area contributed by atoms with Crippen molar-refractivity contribution in [2.45, 2.75) is 64.0 Å². The average Bonchev–Trinajstić information content (AvgIpc) is 2.97. The average molecular weight is 268 g/mol. The van der Waals surface area contributed by atoms with Crippen LogP contribution in [0.5, 0.6) is 0 Å². The molecule has 1 aliphatic heterocycles. The van der Waals surface area contributed by atoms with E-state index in [1.165, 1.54) is 64.6 Å². The Balaban J connectivity index is 1.83. The number of nitrogens with zero attached hydrogens (tertiary/aromatic N) is 1. The zero-order valence-corrected chi connectivity index (χ0v) is 12.9. The maximum atomic E-state index is 5.55. The number of nitrogens with one attached hydrogen (secondary N) is 1. The molecule has 1 saturated heterocycles. The molecule has 3 heteroatoms. The summed E-state index contributed by atoms with van der Waals surface area (Å²) in [6.07, 6.45) is 9.98. The standard InChI is InChI=1S/C16H32N2O/c1-3-10-17-16(14-7-4-5-8-14)13-18-11-6-9-15(12-18)19-2/h14-17H,3-13H2,1-2H3. The van der Waals surface area contributed by atoms with Gasteiger partial charge in [-0.05, 0) is 51.1 Å². The number of ether oxygens (including phenoxy) is 1. The number of likely N-dealkylation sites (tertiary alicyclic amines) is 1. The lowest BCUT2D eigenvalue weighted by Gasteiger charge is -2.36. The van der Waals surface area contributed by atoms with E-state index in [9.17, 15) is 0 Å². The zero-order chi connectivity index (χ0) is 13.5. The van der Waals surface area contributed by atoms with Crippen LogP contribution in [0.2, 0.25) is 0 Å². The smallest absolute Gasteiger partial charge is 0.0698 e. The molecule has 0 aromatic heterocycles. The molecule has 112 valence electrons. The first-order valence-electron chi connectivity index (χ1n) is 8.32. The Labute approximate surface area is 119 Å². The largest absolute Gasteiger partial charge is 0.380 e. The Morgan fingerprint density at radius 2 is 2.00 bits per heavy atom. The molecule has 1 aliphatic carbocycles. The Kier molecular flexibility index (Phi) is 6.62. The monoisotopic (exact) mass is 268 g/mol. The van der Waals surface area contributed by atoms with Crippen LogP contribution in [0.3, 0.4) is 0 Å². The number of piperidine rings is 1. The molecule has 0 spiro atoms. The summed E-state index contributed by atoms with van der Waals surface area (Å²) in [7, 11) is 1.86. The minimum absolute atomic E-state index is 0.462. The van der Waals surface area contributed by atoms with Crippen molar-refractivity contribution in [1.82, 2.24) is 10.2 Å². The van der Waals surface area contributed by atoms with Crippen LogP contribution >= 0.6 is 0 Å². The van der Waals surface area contributed by atoms with Crippen molar-refractivity contribution in [3.8, 4) is 0 Å². The van der Waals surface area contributed by atoms with Crippen LogP contribution in [0.1, 0.15) is 51.9 Å². The molecule has 1 saturated carbocycles. The molecule has 2 atom stereocenters. The summed E-state index contributed by atoms with van der Waals surface area (Å²) in [6.45, 7) is 7.05. The van der Waals surface area contributed by atoms with Crippen LogP contribution in [0.15, 0.2) is 0 Å². The molecule has 2 aliphatic rings. The van der Waals surface area contributed by atoms with Gasteiger partial charge in [0, 0.05) is 26.2 Å². The highest BCUT2D eigenvalue weighted by molar-refractivity contribution is 4.85. The molecule has 3 nitrogen and oxygen atoms in total. The van der Waals surface area contributed by atoms with Crippen LogP contribution in [0.4, 0.5) is 0 Å². The van der Waals surface area contributed by atoms with Gasteiger partial charge in [-0.25, -0.2) is 0 Å². The lowest BCUT2D eigenvalue weighted by atomic mass is 9.96. The Bertz CT molecular complexity index is 241. The SMILES string of the molecule is CCCNC(CN1CCCC(OC)C1)C1CCCC1. The summed E-state index contributed by atoms with van der Waals surface area (Å²) in [5.74, 6) is 0.912. The molecule has 2 fully saturated rings. The third kappa shape index (κ3) is 4.73. The van der Waals surface area contributed by atoms with E-state index >= 15 is 0 Å². The molecular formula is C16H32N2O. The first-order chi connectivity index (χ1) is 9.33. The lowest BCUT2D eigenvalue weighted by molar-refractivity contribution is 0.0255.